The first kappa shape index (κ1) is 20.1. The van der Waals surface area contributed by atoms with Crippen molar-refractivity contribution in [3.8, 4) is 0 Å². The Balaban J connectivity index is 1.31. The number of anilines is 1. The first-order valence-electron chi connectivity index (χ1n) is 11.4. The van der Waals surface area contributed by atoms with E-state index >= 15 is 0 Å². The lowest BCUT2D eigenvalue weighted by molar-refractivity contribution is 0.0304. The van der Waals surface area contributed by atoms with Gasteiger partial charge in [0, 0.05) is 37.7 Å². The summed E-state index contributed by atoms with van der Waals surface area (Å²) in [6.07, 6.45) is 8.60. The van der Waals surface area contributed by atoms with E-state index in [-0.39, 0.29) is 5.91 Å². The molecule has 31 heavy (non-hydrogen) atoms. The molecule has 2 aliphatic rings. The molecule has 0 spiro atoms. The highest BCUT2D eigenvalue weighted by Gasteiger charge is 2.26. The summed E-state index contributed by atoms with van der Waals surface area (Å²) in [4.78, 5) is 19.6. The number of carbonyl (C=O) groups excluding carboxylic acids is 1. The second-order valence-electron chi connectivity index (χ2n) is 8.86. The smallest absolute Gasteiger partial charge is 0.257 e. The first-order valence-corrected chi connectivity index (χ1v) is 11.4. The van der Waals surface area contributed by atoms with Crippen LogP contribution in [0.25, 0.3) is 11.0 Å². The summed E-state index contributed by atoms with van der Waals surface area (Å²) in [7, 11) is 0. The molecule has 1 aliphatic carbocycles. The zero-order valence-electron chi connectivity index (χ0n) is 17.9. The Morgan fingerprint density at radius 2 is 1.81 bits per heavy atom. The van der Waals surface area contributed by atoms with Crippen molar-refractivity contribution >= 4 is 22.6 Å². The maximum Gasteiger partial charge on any atom is 0.257 e. The van der Waals surface area contributed by atoms with Gasteiger partial charge in [0.1, 0.15) is 5.52 Å². The van der Waals surface area contributed by atoms with Crippen LogP contribution in [0.1, 0.15) is 47.5 Å². The maximum absolute atomic E-state index is 13.2. The number of hydrogen-bond acceptors (Lipinski definition) is 4. The van der Waals surface area contributed by atoms with E-state index in [0.717, 1.165) is 23.3 Å². The zero-order chi connectivity index (χ0) is 21.2. The largest absolute Gasteiger partial charge is 0.399 e. The van der Waals surface area contributed by atoms with Gasteiger partial charge < -0.3 is 19.9 Å². The van der Waals surface area contributed by atoms with Gasteiger partial charge in [0.25, 0.3) is 5.91 Å². The normalized spacial score (nSPS) is 22.0. The molecule has 6 heteroatoms. The van der Waals surface area contributed by atoms with E-state index in [0.29, 0.717) is 43.7 Å². The topological polar surface area (TPSA) is 73.4 Å². The molecule has 1 saturated carbocycles. The van der Waals surface area contributed by atoms with Crippen LogP contribution in [0.3, 0.4) is 0 Å². The van der Waals surface area contributed by atoms with Crippen molar-refractivity contribution in [3.05, 3.63) is 59.9 Å². The van der Waals surface area contributed by atoms with Gasteiger partial charge >= 0.3 is 0 Å². The van der Waals surface area contributed by atoms with Gasteiger partial charge in [0.05, 0.1) is 24.3 Å². The fourth-order valence-electron chi connectivity index (χ4n) is 5.09. The molecule has 2 aromatic heterocycles. The van der Waals surface area contributed by atoms with Crippen molar-refractivity contribution in [2.75, 3.05) is 32.0 Å². The van der Waals surface area contributed by atoms with Crippen LogP contribution < -0.4 is 5.73 Å². The summed E-state index contributed by atoms with van der Waals surface area (Å²) in [5.41, 5.74) is 10.7. The lowest BCUT2D eigenvalue weighted by Gasteiger charge is -2.29. The van der Waals surface area contributed by atoms with Gasteiger partial charge in [0.2, 0.25) is 0 Å². The number of aromatic nitrogens is 2. The fraction of sp³-hybridized carbons (Fsp3) is 0.440. The van der Waals surface area contributed by atoms with Crippen molar-refractivity contribution in [3.63, 3.8) is 0 Å². The highest BCUT2D eigenvalue weighted by Crippen LogP contribution is 2.37. The number of amides is 1. The van der Waals surface area contributed by atoms with Gasteiger partial charge in [-0.15, -0.1) is 0 Å². The van der Waals surface area contributed by atoms with Crippen molar-refractivity contribution < 1.29 is 9.53 Å². The lowest BCUT2D eigenvalue weighted by Crippen LogP contribution is -2.40. The molecule has 2 N–H and O–H groups in total. The van der Waals surface area contributed by atoms with Crippen LogP contribution >= 0.6 is 0 Å². The van der Waals surface area contributed by atoms with E-state index < -0.39 is 0 Å². The minimum absolute atomic E-state index is 0.0674. The summed E-state index contributed by atoms with van der Waals surface area (Å²) in [6.45, 7) is 3.44. The molecule has 1 saturated heterocycles. The zero-order valence-corrected chi connectivity index (χ0v) is 17.9. The number of rotatable bonds is 4. The lowest BCUT2D eigenvalue weighted by atomic mass is 9.78. The second-order valence-corrected chi connectivity index (χ2v) is 8.86. The minimum atomic E-state index is 0.0674. The monoisotopic (exact) mass is 418 g/mol. The van der Waals surface area contributed by atoms with E-state index in [1.54, 1.807) is 6.20 Å². The fourth-order valence-corrected chi connectivity index (χ4v) is 5.09. The molecule has 0 unspecified atom stereocenters. The highest BCUT2D eigenvalue weighted by atomic mass is 16.5. The number of nitrogens with two attached hydrogens (primary N) is 1. The first-order chi connectivity index (χ1) is 15.2. The molecule has 1 amide bonds. The number of hydrogen-bond donors (Lipinski definition) is 1. The highest BCUT2D eigenvalue weighted by molar-refractivity contribution is 6.05. The molecule has 0 bridgehead atoms. The van der Waals surface area contributed by atoms with Crippen LogP contribution in [0.2, 0.25) is 0 Å². The molecular formula is C25H30N4O2. The van der Waals surface area contributed by atoms with Crippen LogP contribution in [-0.2, 0) is 11.3 Å². The quantitative estimate of drug-likeness (QED) is 0.649. The molecule has 0 radical (unpaired) electrons. The second kappa shape index (κ2) is 8.71. The Bertz CT molecular complexity index is 1050. The molecule has 3 aromatic rings. The van der Waals surface area contributed by atoms with Crippen LogP contribution in [0, 0.1) is 5.92 Å². The number of ether oxygens (including phenoxy) is 1. The van der Waals surface area contributed by atoms with Gasteiger partial charge in [0.15, 0.2) is 0 Å². The summed E-state index contributed by atoms with van der Waals surface area (Å²) in [5, 5.41) is 0. The Labute approximate surface area is 183 Å². The van der Waals surface area contributed by atoms with Crippen molar-refractivity contribution in [2.45, 2.75) is 38.1 Å². The van der Waals surface area contributed by atoms with Crippen molar-refractivity contribution in [2.24, 2.45) is 5.92 Å². The van der Waals surface area contributed by atoms with Gasteiger partial charge in [-0.2, -0.15) is 0 Å². The van der Waals surface area contributed by atoms with Crippen LogP contribution in [0.5, 0.6) is 0 Å². The molecule has 162 valence electrons. The Morgan fingerprint density at radius 1 is 1.06 bits per heavy atom. The maximum atomic E-state index is 13.2. The van der Waals surface area contributed by atoms with Crippen LogP contribution in [-0.4, -0.2) is 46.7 Å². The molecule has 3 heterocycles. The van der Waals surface area contributed by atoms with Gasteiger partial charge in [-0.05, 0) is 67.3 Å². The van der Waals surface area contributed by atoms with Gasteiger partial charge in [-0.3, -0.25) is 9.78 Å². The van der Waals surface area contributed by atoms with Crippen LogP contribution in [0.4, 0.5) is 5.69 Å². The molecule has 1 aliphatic heterocycles. The Kier molecular flexibility index (Phi) is 5.64. The predicted molar refractivity (Wildman–Crippen MR) is 122 cm³/mol. The Hall–Kier alpha value is -2.86. The summed E-state index contributed by atoms with van der Waals surface area (Å²) in [6, 6.07) is 12.4. The van der Waals surface area contributed by atoms with E-state index in [9.17, 15) is 4.79 Å². The minimum Gasteiger partial charge on any atom is -0.399 e. The van der Waals surface area contributed by atoms with E-state index in [2.05, 4.69) is 27.8 Å². The molecule has 6 nitrogen and oxygen atoms in total. The molecular weight excluding hydrogens is 388 g/mol. The molecule has 5 rings (SSSR count). The number of nitrogens with zero attached hydrogens (tertiary/aromatic N) is 3. The average Bonchev–Trinajstić information content (AvgIpc) is 3.19. The number of benzene rings is 1. The average molecular weight is 419 g/mol. The molecule has 0 atom stereocenters. The number of fused-ring (bicyclic) bond motifs is 1. The number of pyridine rings is 1. The van der Waals surface area contributed by atoms with Crippen LogP contribution in [0.15, 0.2) is 48.8 Å². The third-order valence-corrected chi connectivity index (χ3v) is 6.87. The molecule has 1 aromatic carbocycles. The third kappa shape index (κ3) is 4.17. The number of carbonyl (C=O) groups is 1. The standard InChI is InChI=1S/C25H30N4O2/c26-21-9-7-20(8-10-21)19-5-3-18(4-6-19)16-29-17-22(24-23(29)2-1-11-27-24)25(30)28-12-14-31-15-13-28/h1-2,7-11,17-19H,3-6,12-16,26H2. The Morgan fingerprint density at radius 3 is 2.55 bits per heavy atom. The van der Waals surface area contributed by atoms with Crippen molar-refractivity contribution in [1.29, 1.82) is 0 Å². The number of morpholine rings is 1. The van der Waals surface area contributed by atoms with Crippen molar-refractivity contribution in [1.82, 2.24) is 14.5 Å². The van der Waals surface area contributed by atoms with E-state index in [1.165, 1.54) is 31.2 Å². The molecule has 2 fully saturated rings. The summed E-state index contributed by atoms with van der Waals surface area (Å²) < 4.78 is 7.66. The SMILES string of the molecule is Nc1ccc(C2CCC(Cn3cc(C(=O)N4CCOCC4)c4ncccc43)CC2)cc1. The van der Waals surface area contributed by atoms with Gasteiger partial charge in [-0.1, -0.05) is 12.1 Å². The van der Waals surface area contributed by atoms with Gasteiger partial charge in [-0.25, -0.2) is 0 Å². The number of nitrogen functional groups attached to an aromatic ring is 1. The summed E-state index contributed by atoms with van der Waals surface area (Å²) >= 11 is 0. The third-order valence-electron chi connectivity index (χ3n) is 6.87. The van der Waals surface area contributed by atoms with E-state index in [1.807, 2.05) is 29.3 Å². The summed E-state index contributed by atoms with van der Waals surface area (Å²) in [5.74, 6) is 1.31. The van der Waals surface area contributed by atoms with E-state index in [4.69, 9.17) is 10.5 Å². The predicted octanol–water partition coefficient (Wildman–Crippen LogP) is 4.06.